The van der Waals surface area contributed by atoms with Crippen LogP contribution in [0.25, 0.3) is 10.9 Å². The number of hydrogen-bond acceptors (Lipinski definition) is 3. The van der Waals surface area contributed by atoms with E-state index in [9.17, 15) is 4.79 Å². The Morgan fingerprint density at radius 3 is 2.80 bits per heavy atom. The van der Waals surface area contributed by atoms with Gasteiger partial charge >= 0.3 is 5.69 Å². The third-order valence-corrected chi connectivity index (χ3v) is 2.45. The quantitative estimate of drug-likeness (QED) is 0.739. The van der Waals surface area contributed by atoms with E-state index in [1.165, 1.54) is 5.56 Å². The van der Waals surface area contributed by atoms with E-state index >= 15 is 0 Å². The highest BCUT2D eigenvalue weighted by Crippen LogP contribution is 2.21. The smallest absolute Gasteiger partial charge is 0.347 e. The van der Waals surface area contributed by atoms with Gasteiger partial charge in [-0.2, -0.15) is 4.98 Å². The van der Waals surface area contributed by atoms with Gasteiger partial charge in [0.05, 0.1) is 5.52 Å². The third-order valence-electron chi connectivity index (χ3n) is 2.45. The van der Waals surface area contributed by atoms with E-state index in [1.54, 1.807) is 0 Å². The normalized spacial score (nSPS) is 11.1. The molecule has 0 aliphatic rings. The van der Waals surface area contributed by atoms with Gasteiger partial charge in [-0.15, -0.1) is 0 Å². The highest BCUT2D eigenvalue weighted by atomic mass is 16.1. The third kappa shape index (κ3) is 1.70. The lowest BCUT2D eigenvalue weighted by molar-refractivity contribution is 0.868. The molecule has 2 aromatic rings. The van der Waals surface area contributed by atoms with Crippen LogP contribution in [0.5, 0.6) is 0 Å². The standard InChI is InChI=1S/C11H13N3O/c1-6(2)7-3-4-9-8(5-7)10(12)14-11(15)13-9/h3-6H,1-2H3,(H3,12,13,14,15). The molecule has 0 unspecified atom stereocenters. The summed E-state index contributed by atoms with van der Waals surface area (Å²) in [6, 6.07) is 5.82. The van der Waals surface area contributed by atoms with E-state index in [0.29, 0.717) is 5.92 Å². The monoisotopic (exact) mass is 203 g/mol. The van der Waals surface area contributed by atoms with Crippen LogP contribution in [0.15, 0.2) is 23.0 Å². The lowest BCUT2D eigenvalue weighted by Crippen LogP contribution is -2.12. The molecular formula is C11H13N3O. The van der Waals surface area contributed by atoms with Crippen LogP contribution in [-0.2, 0) is 0 Å². The summed E-state index contributed by atoms with van der Waals surface area (Å²) >= 11 is 0. The van der Waals surface area contributed by atoms with Crippen LogP contribution in [-0.4, -0.2) is 9.97 Å². The van der Waals surface area contributed by atoms with Crippen LogP contribution in [0.3, 0.4) is 0 Å². The Labute approximate surface area is 87.1 Å². The molecule has 0 atom stereocenters. The van der Waals surface area contributed by atoms with E-state index < -0.39 is 5.69 Å². The molecule has 4 heteroatoms. The first kappa shape index (κ1) is 9.71. The zero-order chi connectivity index (χ0) is 11.0. The van der Waals surface area contributed by atoms with Crippen molar-refractivity contribution < 1.29 is 0 Å². The fraction of sp³-hybridized carbons (Fsp3) is 0.273. The zero-order valence-corrected chi connectivity index (χ0v) is 8.74. The van der Waals surface area contributed by atoms with E-state index in [1.807, 2.05) is 18.2 Å². The Balaban J connectivity index is 2.77. The van der Waals surface area contributed by atoms with Crippen LogP contribution >= 0.6 is 0 Å². The fourth-order valence-corrected chi connectivity index (χ4v) is 1.55. The molecule has 1 aromatic heterocycles. The molecule has 2 rings (SSSR count). The number of aromatic amines is 1. The van der Waals surface area contributed by atoms with Crippen LogP contribution in [0.4, 0.5) is 5.82 Å². The van der Waals surface area contributed by atoms with Crippen LogP contribution in [0, 0.1) is 0 Å². The summed E-state index contributed by atoms with van der Waals surface area (Å²) < 4.78 is 0. The van der Waals surface area contributed by atoms with Gasteiger partial charge < -0.3 is 10.7 Å². The van der Waals surface area contributed by atoms with Crippen molar-refractivity contribution in [1.82, 2.24) is 9.97 Å². The molecule has 3 N–H and O–H groups in total. The van der Waals surface area contributed by atoms with Gasteiger partial charge in [0.1, 0.15) is 5.82 Å². The second-order valence-corrected chi connectivity index (χ2v) is 3.89. The molecule has 1 heterocycles. The minimum atomic E-state index is -0.405. The number of nitrogens with two attached hydrogens (primary N) is 1. The Kier molecular flexibility index (Phi) is 2.19. The number of nitrogen functional groups attached to an aromatic ring is 1. The second kappa shape index (κ2) is 3.38. The summed E-state index contributed by atoms with van der Waals surface area (Å²) in [6.07, 6.45) is 0. The summed E-state index contributed by atoms with van der Waals surface area (Å²) in [4.78, 5) is 17.4. The Hall–Kier alpha value is -1.84. The van der Waals surface area contributed by atoms with Crippen molar-refractivity contribution in [1.29, 1.82) is 0 Å². The lowest BCUT2D eigenvalue weighted by Gasteiger charge is -2.07. The summed E-state index contributed by atoms with van der Waals surface area (Å²) in [7, 11) is 0. The number of benzene rings is 1. The number of rotatable bonds is 1. The van der Waals surface area contributed by atoms with Gasteiger partial charge in [-0.05, 0) is 23.6 Å². The average molecular weight is 203 g/mol. The Morgan fingerprint density at radius 2 is 2.13 bits per heavy atom. The van der Waals surface area contributed by atoms with Gasteiger partial charge in [-0.1, -0.05) is 19.9 Å². The van der Waals surface area contributed by atoms with Crippen molar-refractivity contribution in [2.45, 2.75) is 19.8 Å². The van der Waals surface area contributed by atoms with E-state index in [4.69, 9.17) is 5.73 Å². The van der Waals surface area contributed by atoms with Gasteiger partial charge in [0, 0.05) is 5.39 Å². The van der Waals surface area contributed by atoms with Crippen LogP contribution in [0.1, 0.15) is 25.3 Å². The Morgan fingerprint density at radius 1 is 1.40 bits per heavy atom. The predicted molar refractivity (Wildman–Crippen MR) is 60.9 cm³/mol. The van der Waals surface area contributed by atoms with E-state index in [2.05, 4.69) is 23.8 Å². The molecule has 0 radical (unpaired) electrons. The van der Waals surface area contributed by atoms with E-state index in [0.717, 1.165) is 10.9 Å². The van der Waals surface area contributed by atoms with Crippen LogP contribution in [0.2, 0.25) is 0 Å². The highest BCUT2D eigenvalue weighted by Gasteiger charge is 2.04. The number of aromatic nitrogens is 2. The maximum absolute atomic E-state index is 11.1. The molecule has 1 aromatic carbocycles. The average Bonchev–Trinajstić information content (AvgIpc) is 2.16. The molecule has 0 saturated carbocycles. The maximum atomic E-state index is 11.1. The van der Waals surface area contributed by atoms with Crippen molar-refractivity contribution in [3.8, 4) is 0 Å². The van der Waals surface area contributed by atoms with E-state index in [-0.39, 0.29) is 5.82 Å². The van der Waals surface area contributed by atoms with Crippen LogP contribution < -0.4 is 11.4 Å². The van der Waals surface area contributed by atoms with Crippen molar-refractivity contribution >= 4 is 16.7 Å². The molecule has 0 bridgehead atoms. The van der Waals surface area contributed by atoms with Gasteiger partial charge in [-0.3, -0.25) is 0 Å². The fourth-order valence-electron chi connectivity index (χ4n) is 1.55. The maximum Gasteiger partial charge on any atom is 0.347 e. The van der Waals surface area contributed by atoms with Gasteiger partial charge in [0.15, 0.2) is 0 Å². The summed E-state index contributed by atoms with van der Waals surface area (Å²) in [5.41, 5.74) is 7.21. The number of H-pyrrole nitrogens is 1. The largest absolute Gasteiger partial charge is 0.383 e. The molecule has 0 amide bonds. The molecule has 0 fully saturated rings. The number of fused-ring (bicyclic) bond motifs is 1. The molecule has 78 valence electrons. The summed E-state index contributed by atoms with van der Waals surface area (Å²) in [6.45, 7) is 4.22. The van der Waals surface area contributed by atoms with Crippen molar-refractivity contribution in [3.05, 3.63) is 34.2 Å². The van der Waals surface area contributed by atoms with Crippen molar-refractivity contribution in [2.24, 2.45) is 0 Å². The lowest BCUT2D eigenvalue weighted by atomic mass is 10.0. The second-order valence-electron chi connectivity index (χ2n) is 3.89. The molecule has 0 spiro atoms. The van der Waals surface area contributed by atoms with Gasteiger partial charge in [-0.25, -0.2) is 4.79 Å². The number of hydrogen-bond donors (Lipinski definition) is 2. The SMILES string of the molecule is CC(C)c1ccc2[nH]c(=O)nc(N)c2c1. The first-order valence-electron chi connectivity index (χ1n) is 4.87. The number of nitrogens with one attached hydrogen (secondary N) is 1. The zero-order valence-electron chi connectivity index (χ0n) is 8.74. The predicted octanol–water partition coefficient (Wildman–Crippen LogP) is 1.63. The first-order valence-corrected chi connectivity index (χ1v) is 4.87. The van der Waals surface area contributed by atoms with Gasteiger partial charge in [0.25, 0.3) is 0 Å². The first-order chi connectivity index (χ1) is 7.08. The molecule has 15 heavy (non-hydrogen) atoms. The topological polar surface area (TPSA) is 71.8 Å². The van der Waals surface area contributed by atoms with Crippen molar-refractivity contribution in [2.75, 3.05) is 5.73 Å². The number of nitrogens with zero attached hydrogens (tertiary/aromatic N) is 1. The van der Waals surface area contributed by atoms with Gasteiger partial charge in [0.2, 0.25) is 0 Å². The summed E-state index contributed by atoms with van der Waals surface area (Å²) in [5, 5.41) is 0.806. The minimum Gasteiger partial charge on any atom is -0.383 e. The Bertz CT molecular complexity index is 557. The molecule has 0 aliphatic heterocycles. The molecule has 0 aliphatic carbocycles. The molecular weight excluding hydrogens is 190 g/mol. The molecule has 0 saturated heterocycles. The van der Waals surface area contributed by atoms with Crippen molar-refractivity contribution in [3.63, 3.8) is 0 Å². The number of anilines is 1. The highest BCUT2D eigenvalue weighted by molar-refractivity contribution is 5.88. The minimum absolute atomic E-state index is 0.288. The summed E-state index contributed by atoms with van der Waals surface area (Å²) in [5.74, 6) is 0.719. The molecule has 4 nitrogen and oxygen atoms in total.